The number of aromatic nitrogens is 1. The third kappa shape index (κ3) is 3.36. The molecule has 2 rings (SSSR count). The van der Waals surface area contributed by atoms with Crippen LogP contribution in [0.5, 0.6) is 5.88 Å². The molecule has 0 atom stereocenters. The number of nitriles is 1. The molecule has 0 fully saturated rings. The lowest BCUT2D eigenvalue weighted by Crippen LogP contribution is -2.03. The highest BCUT2D eigenvalue weighted by Gasteiger charge is 2.11. The Labute approximate surface area is 119 Å². The summed E-state index contributed by atoms with van der Waals surface area (Å²) in [7, 11) is 0. The number of ether oxygens (including phenoxy) is 1. The van der Waals surface area contributed by atoms with Crippen molar-refractivity contribution in [1.29, 1.82) is 5.26 Å². The maximum Gasteiger partial charge on any atom is 0.232 e. The Bertz CT molecular complexity index is 615. The van der Waals surface area contributed by atoms with Crippen molar-refractivity contribution in [1.82, 2.24) is 4.98 Å². The first-order valence-corrected chi connectivity index (χ1v) is 6.82. The van der Waals surface area contributed by atoms with Gasteiger partial charge in [0.1, 0.15) is 18.2 Å². The summed E-state index contributed by atoms with van der Waals surface area (Å²) in [6, 6.07) is 14.0. The molecule has 0 spiro atoms. The molecule has 0 aliphatic carbocycles. The Morgan fingerprint density at radius 1 is 1.25 bits per heavy atom. The van der Waals surface area contributed by atoms with Gasteiger partial charge in [0.2, 0.25) is 5.88 Å². The minimum atomic E-state index is 0.428. The first-order valence-electron chi connectivity index (χ1n) is 6.82. The van der Waals surface area contributed by atoms with Crippen LogP contribution in [0.25, 0.3) is 0 Å². The maximum atomic E-state index is 9.25. The number of hydrogen-bond acceptors (Lipinski definition) is 3. The Morgan fingerprint density at radius 2 is 2.00 bits per heavy atom. The molecule has 102 valence electrons. The van der Waals surface area contributed by atoms with Crippen LogP contribution in [0.3, 0.4) is 0 Å². The van der Waals surface area contributed by atoms with Crippen LogP contribution >= 0.6 is 0 Å². The number of aryl methyl sites for hydroxylation is 2. The number of benzene rings is 1. The van der Waals surface area contributed by atoms with Gasteiger partial charge < -0.3 is 4.74 Å². The van der Waals surface area contributed by atoms with Crippen molar-refractivity contribution in [2.75, 3.05) is 0 Å². The summed E-state index contributed by atoms with van der Waals surface area (Å²) < 4.78 is 5.75. The van der Waals surface area contributed by atoms with Crippen LogP contribution in [0.1, 0.15) is 35.7 Å². The zero-order chi connectivity index (χ0) is 14.4. The largest absolute Gasteiger partial charge is 0.472 e. The second-order valence-corrected chi connectivity index (χ2v) is 4.75. The third-order valence-corrected chi connectivity index (χ3v) is 3.07. The highest BCUT2D eigenvalue weighted by Crippen LogP contribution is 2.21. The van der Waals surface area contributed by atoms with E-state index in [0.717, 1.165) is 29.7 Å². The lowest BCUT2D eigenvalue weighted by Gasteiger charge is -2.11. The van der Waals surface area contributed by atoms with Gasteiger partial charge in [-0.05, 0) is 30.5 Å². The Balaban J connectivity index is 2.23. The van der Waals surface area contributed by atoms with Gasteiger partial charge in [0.25, 0.3) is 0 Å². The van der Waals surface area contributed by atoms with Gasteiger partial charge in [0, 0.05) is 5.69 Å². The lowest BCUT2D eigenvalue weighted by molar-refractivity contribution is 0.291. The zero-order valence-electron chi connectivity index (χ0n) is 11.9. The first kappa shape index (κ1) is 14.1. The minimum absolute atomic E-state index is 0.428. The van der Waals surface area contributed by atoms with Crippen LogP contribution in [0.15, 0.2) is 36.4 Å². The molecule has 2 aromatic rings. The van der Waals surface area contributed by atoms with Crippen LogP contribution in [0.4, 0.5) is 0 Å². The fraction of sp³-hybridized carbons (Fsp3) is 0.294. The predicted octanol–water partition coefficient (Wildman–Crippen LogP) is 3.79. The Kier molecular flexibility index (Phi) is 4.73. The molecule has 20 heavy (non-hydrogen) atoms. The average Bonchev–Trinajstić information content (AvgIpc) is 2.46. The summed E-state index contributed by atoms with van der Waals surface area (Å²) in [5, 5.41) is 9.25. The number of pyridine rings is 1. The average molecular weight is 266 g/mol. The van der Waals surface area contributed by atoms with E-state index in [4.69, 9.17) is 4.74 Å². The van der Waals surface area contributed by atoms with Crippen LogP contribution in [-0.4, -0.2) is 4.98 Å². The smallest absolute Gasteiger partial charge is 0.232 e. The van der Waals surface area contributed by atoms with Gasteiger partial charge in [-0.15, -0.1) is 0 Å². The number of hydrogen-bond donors (Lipinski definition) is 0. The Hall–Kier alpha value is -2.34. The second-order valence-electron chi connectivity index (χ2n) is 4.75. The van der Waals surface area contributed by atoms with Gasteiger partial charge in [-0.2, -0.15) is 5.26 Å². The number of nitrogens with zero attached hydrogens (tertiary/aromatic N) is 2. The maximum absolute atomic E-state index is 9.25. The summed E-state index contributed by atoms with van der Waals surface area (Å²) in [5.41, 5.74) is 3.50. The van der Waals surface area contributed by atoms with Crippen molar-refractivity contribution in [3.05, 3.63) is 58.8 Å². The monoisotopic (exact) mass is 266 g/mol. The van der Waals surface area contributed by atoms with E-state index in [2.05, 4.69) is 18.0 Å². The van der Waals surface area contributed by atoms with Crippen molar-refractivity contribution in [2.24, 2.45) is 0 Å². The molecule has 0 radical (unpaired) electrons. The molecule has 1 heterocycles. The molecule has 0 aliphatic heterocycles. The van der Waals surface area contributed by atoms with E-state index >= 15 is 0 Å². The minimum Gasteiger partial charge on any atom is -0.472 e. The molecule has 0 amide bonds. The SMILES string of the molecule is CCCc1cc(C)c(C#N)c(OCc2ccccc2)n1. The molecule has 0 N–H and O–H groups in total. The topological polar surface area (TPSA) is 45.9 Å². The summed E-state index contributed by atoms with van der Waals surface area (Å²) in [6.45, 7) is 4.46. The second kappa shape index (κ2) is 6.72. The predicted molar refractivity (Wildman–Crippen MR) is 78.5 cm³/mol. The van der Waals surface area contributed by atoms with Gasteiger partial charge in [0.15, 0.2) is 0 Å². The molecule has 0 unspecified atom stereocenters. The molecule has 1 aromatic heterocycles. The molecule has 3 nitrogen and oxygen atoms in total. The van der Waals surface area contributed by atoms with Crippen LogP contribution in [-0.2, 0) is 13.0 Å². The van der Waals surface area contributed by atoms with Crippen molar-refractivity contribution < 1.29 is 4.74 Å². The van der Waals surface area contributed by atoms with Crippen LogP contribution < -0.4 is 4.74 Å². The molecule has 0 bridgehead atoms. The van der Waals surface area contributed by atoms with E-state index in [1.54, 1.807) is 0 Å². The van der Waals surface area contributed by atoms with Gasteiger partial charge in [0.05, 0.1) is 0 Å². The lowest BCUT2D eigenvalue weighted by atomic mass is 10.1. The standard InChI is InChI=1S/C17H18N2O/c1-3-7-15-10-13(2)16(11-18)17(19-15)20-12-14-8-5-4-6-9-14/h4-6,8-10H,3,7,12H2,1-2H3. The Morgan fingerprint density at radius 3 is 2.65 bits per heavy atom. The van der Waals surface area contributed by atoms with Crippen molar-refractivity contribution in [3.8, 4) is 11.9 Å². The summed E-state index contributed by atoms with van der Waals surface area (Å²) in [4.78, 5) is 4.46. The van der Waals surface area contributed by atoms with E-state index in [9.17, 15) is 5.26 Å². The molecule has 0 aliphatic rings. The third-order valence-electron chi connectivity index (χ3n) is 3.07. The van der Waals surface area contributed by atoms with Crippen molar-refractivity contribution >= 4 is 0 Å². The highest BCUT2D eigenvalue weighted by atomic mass is 16.5. The van der Waals surface area contributed by atoms with Crippen LogP contribution in [0, 0.1) is 18.3 Å². The zero-order valence-corrected chi connectivity index (χ0v) is 11.9. The molecule has 1 aromatic carbocycles. The number of rotatable bonds is 5. The van der Waals surface area contributed by atoms with E-state index in [0.29, 0.717) is 18.1 Å². The fourth-order valence-corrected chi connectivity index (χ4v) is 2.06. The summed E-state index contributed by atoms with van der Waals surface area (Å²) in [5.74, 6) is 0.444. The normalized spacial score (nSPS) is 10.1. The summed E-state index contributed by atoms with van der Waals surface area (Å²) >= 11 is 0. The quantitative estimate of drug-likeness (QED) is 0.827. The van der Waals surface area contributed by atoms with E-state index in [-0.39, 0.29) is 0 Å². The molecule has 3 heteroatoms. The van der Waals surface area contributed by atoms with Gasteiger partial charge in [-0.25, -0.2) is 4.98 Å². The fourth-order valence-electron chi connectivity index (χ4n) is 2.06. The van der Waals surface area contributed by atoms with Crippen molar-refractivity contribution in [2.45, 2.75) is 33.3 Å². The van der Waals surface area contributed by atoms with E-state index in [1.165, 1.54) is 0 Å². The molecule has 0 saturated heterocycles. The van der Waals surface area contributed by atoms with Gasteiger partial charge in [-0.3, -0.25) is 0 Å². The van der Waals surface area contributed by atoms with Crippen molar-refractivity contribution in [3.63, 3.8) is 0 Å². The van der Waals surface area contributed by atoms with Crippen LogP contribution in [0.2, 0.25) is 0 Å². The van der Waals surface area contributed by atoms with Gasteiger partial charge >= 0.3 is 0 Å². The molecular formula is C17H18N2O. The molecule has 0 saturated carbocycles. The van der Waals surface area contributed by atoms with E-state index < -0.39 is 0 Å². The van der Waals surface area contributed by atoms with Gasteiger partial charge in [-0.1, -0.05) is 43.7 Å². The first-order chi connectivity index (χ1) is 9.74. The summed E-state index contributed by atoms with van der Waals surface area (Å²) in [6.07, 6.45) is 1.92. The van der Waals surface area contributed by atoms with E-state index in [1.807, 2.05) is 43.3 Å². The molecular weight excluding hydrogens is 248 g/mol. The highest BCUT2D eigenvalue weighted by molar-refractivity contribution is 5.45.